The van der Waals surface area contributed by atoms with Crippen LogP contribution >= 0.6 is 23.4 Å². The van der Waals surface area contributed by atoms with E-state index in [-0.39, 0.29) is 11.9 Å². The Kier molecular flexibility index (Phi) is 4.27. The van der Waals surface area contributed by atoms with Crippen LogP contribution in [0.15, 0.2) is 23.1 Å². The minimum atomic E-state index is 0.112. The fourth-order valence-electron chi connectivity index (χ4n) is 0.920. The van der Waals surface area contributed by atoms with Crippen molar-refractivity contribution < 1.29 is 5.11 Å². The molecular weight excluding hydrogens is 218 g/mol. The molecule has 1 atom stereocenters. The zero-order valence-corrected chi connectivity index (χ0v) is 9.27. The minimum absolute atomic E-state index is 0.112. The summed E-state index contributed by atoms with van der Waals surface area (Å²) in [7, 11) is 0. The summed E-state index contributed by atoms with van der Waals surface area (Å²) in [5, 5.41) is 18.2. The monoisotopic (exact) mass is 227 g/mol. The Morgan fingerprint density at radius 3 is 2.86 bits per heavy atom. The van der Waals surface area contributed by atoms with Crippen molar-refractivity contribution in [2.75, 3.05) is 6.61 Å². The zero-order chi connectivity index (χ0) is 10.6. The van der Waals surface area contributed by atoms with Gasteiger partial charge in [-0.1, -0.05) is 18.5 Å². The number of halogens is 1. The first kappa shape index (κ1) is 11.4. The number of hydrogen-bond donors (Lipinski definition) is 1. The second kappa shape index (κ2) is 5.26. The van der Waals surface area contributed by atoms with Gasteiger partial charge >= 0.3 is 0 Å². The molecule has 4 heteroatoms. The van der Waals surface area contributed by atoms with Gasteiger partial charge in [0.25, 0.3) is 0 Å². The van der Waals surface area contributed by atoms with E-state index in [4.69, 9.17) is 22.0 Å². The Balaban J connectivity index is 2.85. The molecule has 0 heterocycles. The molecule has 0 aliphatic heterocycles. The topological polar surface area (TPSA) is 44.0 Å². The molecule has 2 nitrogen and oxygen atoms in total. The zero-order valence-electron chi connectivity index (χ0n) is 7.70. The number of aliphatic hydroxyl groups is 1. The Hall–Kier alpha value is -0.690. The van der Waals surface area contributed by atoms with Gasteiger partial charge in [-0.2, -0.15) is 5.26 Å². The molecule has 0 aromatic heterocycles. The summed E-state index contributed by atoms with van der Waals surface area (Å²) in [6.07, 6.45) is 0. The molecule has 0 saturated heterocycles. The third kappa shape index (κ3) is 2.91. The average Bonchev–Trinajstić information content (AvgIpc) is 2.20. The summed E-state index contributed by atoms with van der Waals surface area (Å²) >= 11 is 7.45. The molecule has 0 aliphatic rings. The SMILES string of the molecule is CC(CO)Sc1ccc(C#N)cc1Cl. The number of rotatable bonds is 3. The molecule has 1 N–H and O–H groups in total. The largest absolute Gasteiger partial charge is 0.395 e. The van der Waals surface area contributed by atoms with Gasteiger partial charge in [0, 0.05) is 10.1 Å². The highest BCUT2D eigenvalue weighted by molar-refractivity contribution is 8.00. The average molecular weight is 228 g/mol. The van der Waals surface area contributed by atoms with Crippen LogP contribution in [0.2, 0.25) is 5.02 Å². The van der Waals surface area contributed by atoms with E-state index >= 15 is 0 Å². The van der Waals surface area contributed by atoms with Crippen molar-refractivity contribution in [3.8, 4) is 6.07 Å². The lowest BCUT2D eigenvalue weighted by Crippen LogP contribution is -2.01. The predicted octanol–water partition coefficient (Wildman–Crippen LogP) is 2.68. The summed E-state index contributed by atoms with van der Waals surface area (Å²) in [4.78, 5) is 0.896. The standard InChI is InChI=1S/C10H10ClNOS/c1-7(6-13)14-10-3-2-8(5-12)4-9(10)11/h2-4,7,13H,6H2,1H3. The number of nitrogens with zero attached hydrogens (tertiary/aromatic N) is 1. The summed E-state index contributed by atoms with van der Waals surface area (Å²) < 4.78 is 0. The van der Waals surface area contributed by atoms with E-state index in [0.29, 0.717) is 10.6 Å². The van der Waals surface area contributed by atoms with Gasteiger partial charge in [0.1, 0.15) is 0 Å². The van der Waals surface area contributed by atoms with Crippen molar-refractivity contribution in [3.05, 3.63) is 28.8 Å². The first-order valence-electron chi connectivity index (χ1n) is 4.14. The van der Waals surface area contributed by atoms with Crippen LogP contribution in [0, 0.1) is 11.3 Å². The fraction of sp³-hybridized carbons (Fsp3) is 0.300. The maximum Gasteiger partial charge on any atom is 0.0992 e. The molecule has 1 aromatic rings. The lowest BCUT2D eigenvalue weighted by molar-refractivity contribution is 0.300. The van der Waals surface area contributed by atoms with Gasteiger partial charge in [0.05, 0.1) is 23.3 Å². The van der Waals surface area contributed by atoms with Crippen molar-refractivity contribution in [2.45, 2.75) is 17.1 Å². The normalized spacial score (nSPS) is 12.1. The highest BCUT2D eigenvalue weighted by Crippen LogP contribution is 2.30. The Bertz CT molecular complexity index is 362. The molecule has 0 spiro atoms. The lowest BCUT2D eigenvalue weighted by atomic mass is 10.2. The van der Waals surface area contributed by atoms with Crippen LogP contribution in [-0.2, 0) is 0 Å². The summed E-state index contributed by atoms with van der Waals surface area (Å²) in [6.45, 7) is 2.03. The molecule has 74 valence electrons. The van der Waals surface area contributed by atoms with E-state index < -0.39 is 0 Å². The van der Waals surface area contributed by atoms with Crippen LogP contribution in [0.3, 0.4) is 0 Å². The molecule has 0 aliphatic carbocycles. The van der Waals surface area contributed by atoms with Crippen molar-refractivity contribution in [2.24, 2.45) is 0 Å². The molecule has 1 rings (SSSR count). The van der Waals surface area contributed by atoms with Crippen molar-refractivity contribution in [3.63, 3.8) is 0 Å². The maximum absolute atomic E-state index is 8.87. The van der Waals surface area contributed by atoms with Crippen LogP contribution < -0.4 is 0 Å². The van der Waals surface area contributed by atoms with Crippen LogP contribution in [0.1, 0.15) is 12.5 Å². The van der Waals surface area contributed by atoms with E-state index in [1.807, 2.05) is 13.0 Å². The first-order valence-corrected chi connectivity index (χ1v) is 5.40. The third-order valence-corrected chi connectivity index (χ3v) is 3.23. The number of thioether (sulfide) groups is 1. The summed E-state index contributed by atoms with van der Waals surface area (Å²) in [5.41, 5.74) is 0.552. The fourth-order valence-corrected chi connectivity index (χ4v) is 2.06. The smallest absolute Gasteiger partial charge is 0.0992 e. The van der Waals surface area contributed by atoms with Crippen LogP contribution in [0.25, 0.3) is 0 Å². The van der Waals surface area contributed by atoms with Crippen molar-refractivity contribution >= 4 is 23.4 Å². The van der Waals surface area contributed by atoms with Crippen LogP contribution in [0.4, 0.5) is 0 Å². The molecular formula is C10H10ClNOS. The molecule has 1 unspecified atom stereocenters. The van der Waals surface area contributed by atoms with E-state index in [9.17, 15) is 0 Å². The van der Waals surface area contributed by atoms with Crippen LogP contribution in [-0.4, -0.2) is 17.0 Å². The molecule has 0 amide bonds. The molecule has 14 heavy (non-hydrogen) atoms. The maximum atomic E-state index is 8.87. The molecule has 0 saturated carbocycles. The molecule has 0 radical (unpaired) electrons. The van der Waals surface area contributed by atoms with Gasteiger partial charge in [0.15, 0.2) is 0 Å². The van der Waals surface area contributed by atoms with Gasteiger partial charge in [-0.3, -0.25) is 0 Å². The van der Waals surface area contributed by atoms with Crippen molar-refractivity contribution in [1.29, 1.82) is 5.26 Å². The Labute approximate surface area is 92.5 Å². The lowest BCUT2D eigenvalue weighted by Gasteiger charge is -2.08. The quantitative estimate of drug-likeness (QED) is 0.808. The second-order valence-electron chi connectivity index (χ2n) is 2.87. The summed E-state index contributed by atoms with van der Waals surface area (Å²) in [6, 6.07) is 7.18. The first-order chi connectivity index (χ1) is 6.67. The predicted molar refractivity (Wildman–Crippen MR) is 58.6 cm³/mol. The number of benzene rings is 1. The van der Waals surface area contributed by atoms with Gasteiger partial charge < -0.3 is 5.11 Å². The Morgan fingerprint density at radius 2 is 2.36 bits per heavy atom. The van der Waals surface area contributed by atoms with Gasteiger partial charge in [-0.15, -0.1) is 11.8 Å². The summed E-state index contributed by atoms with van der Waals surface area (Å²) in [5.74, 6) is 0. The van der Waals surface area contributed by atoms with E-state index in [1.54, 1.807) is 18.2 Å². The van der Waals surface area contributed by atoms with E-state index in [0.717, 1.165) is 4.90 Å². The number of nitriles is 1. The molecule has 0 fully saturated rings. The highest BCUT2D eigenvalue weighted by Gasteiger charge is 2.06. The van der Waals surface area contributed by atoms with Gasteiger partial charge in [0.2, 0.25) is 0 Å². The van der Waals surface area contributed by atoms with Crippen LogP contribution in [0.5, 0.6) is 0 Å². The van der Waals surface area contributed by atoms with Gasteiger partial charge in [-0.25, -0.2) is 0 Å². The highest BCUT2D eigenvalue weighted by atomic mass is 35.5. The van der Waals surface area contributed by atoms with Gasteiger partial charge in [-0.05, 0) is 18.2 Å². The Morgan fingerprint density at radius 1 is 1.64 bits per heavy atom. The molecule has 1 aromatic carbocycles. The third-order valence-electron chi connectivity index (χ3n) is 1.65. The number of aliphatic hydroxyl groups excluding tert-OH is 1. The van der Waals surface area contributed by atoms with E-state index in [1.165, 1.54) is 11.8 Å². The second-order valence-corrected chi connectivity index (χ2v) is 4.76. The number of hydrogen-bond acceptors (Lipinski definition) is 3. The molecule has 0 bridgehead atoms. The van der Waals surface area contributed by atoms with E-state index in [2.05, 4.69) is 0 Å². The minimum Gasteiger partial charge on any atom is -0.395 e. The van der Waals surface area contributed by atoms with Crippen molar-refractivity contribution in [1.82, 2.24) is 0 Å².